The lowest BCUT2D eigenvalue weighted by atomic mass is 10.0. The second-order valence-corrected chi connectivity index (χ2v) is 8.86. The molecule has 0 unspecified atom stereocenters. The summed E-state index contributed by atoms with van der Waals surface area (Å²) in [5.74, 6) is 2.37. The smallest absolute Gasteiger partial charge is 0.231 e. The second kappa shape index (κ2) is 8.64. The molecule has 6 rings (SSSR count). The number of hydrogen-bond donors (Lipinski definition) is 0. The normalized spacial score (nSPS) is 16.2. The minimum absolute atomic E-state index is 0.108. The van der Waals surface area contributed by atoms with E-state index in [1.165, 1.54) is 5.56 Å². The Morgan fingerprint density at radius 1 is 1.09 bits per heavy atom. The van der Waals surface area contributed by atoms with Crippen molar-refractivity contribution in [2.45, 2.75) is 26.6 Å². The lowest BCUT2D eigenvalue weighted by Crippen LogP contribution is -2.31. The molecule has 1 aromatic heterocycles. The lowest BCUT2D eigenvalue weighted by Gasteiger charge is -2.29. The SMILES string of the molecule is CCn1cc(/C=C2\Oc3c(ccc4c3CN(Cc3ccccc3)CO4)C2=O)c2cc(OC)ccc21. The maximum atomic E-state index is 13.3. The zero-order chi connectivity index (χ0) is 23.9. The number of rotatable bonds is 5. The summed E-state index contributed by atoms with van der Waals surface area (Å²) in [4.78, 5) is 15.5. The van der Waals surface area contributed by atoms with Gasteiger partial charge in [0.25, 0.3) is 0 Å². The van der Waals surface area contributed by atoms with Crippen molar-refractivity contribution < 1.29 is 19.0 Å². The molecule has 0 spiro atoms. The summed E-state index contributed by atoms with van der Waals surface area (Å²) in [5, 5.41) is 1.02. The van der Waals surface area contributed by atoms with Gasteiger partial charge in [-0.15, -0.1) is 0 Å². The highest BCUT2D eigenvalue weighted by Crippen LogP contribution is 2.42. The van der Waals surface area contributed by atoms with Crippen molar-refractivity contribution >= 4 is 22.8 Å². The van der Waals surface area contributed by atoms with Crippen molar-refractivity contribution in [2.24, 2.45) is 0 Å². The first-order valence-electron chi connectivity index (χ1n) is 11.8. The number of benzene rings is 3. The van der Waals surface area contributed by atoms with E-state index in [1.807, 2.05) is 54.6 Å². The van der Waals surface area contributed by atoms with Gasteiger partial charge in [0.15, 0.2) is 5.76 Å². The first-order valence-corrected chi connectivity index (χ1v) is 11.8. The van der Waals surface area contributed by atoms with E-state index >= 15 is 0 Å². The van der Waals surface area contributed by atoms with Crippen LogP contribution in [0.3, 0.4) is 0 Å². The molecular formula is C29H26N2O4. The van der Waals surface area contributed by atoms with Gasteiger partial charge in [-0.1, -0.05) is 30.3 Å². The van der Waals surface area contributed by atoms with Gasteiger partial charge < -0.3 is 18.8 Å². The fourth-order valence-electron chi connectivity index (χ4n) is 4.90. The maximum Gasteiger partial charge on any atom is 0.231 e. The molecule has 0 saturated carbocycles. The largest absolute Gasteiger partial charge is 0.497 e. The molecule has 0 aliphatic carbocycles. The number of aromatic nitrogens is 1. The standard InChI is InChI=1S/C29H26N2O4/c1-3-31-16-20(23-14-21(33-2)9-11-25(23)31)13-27-28(32)22-10-12-26-24(29(22)35-27)17-30(18-34-26)15-19-7-5-4-6-8-19/h4-14,16H,3,15,17-18H2,1-2H3/b27-13-. The maximum absolute atomic E-state index is 13.3. The van der Waals surface area contributed by atoms with Crippen LogP contribution in [0.4, 0.5) is 0 Å². The average molecular weight is 467 g/mol. The molecule has 0 amide bonds. The third-order valence-electron chi connectivity index (χ3n) is 6.68. The summed E-state index contributed by atoms with van der Waals surface area (Å²) in [5.41, 5.74) is 4.72. The van der Waals surface area contributed by atoms with Crippen LogP contribution in [0, 0.1) is 0 Å². The third-order valence-corrected chi connectivity index (χ3v) is 6.68. The van der Waals surface area contributed by atoms with E-state index in [0.29, 0.717) is 30.3 Å². The number of aryl methyl sites for hydroxylation is 1. The molecule has 2 aliphatic rings. The number of ether oxygens (including phenoxy) is 3. The van der Waals surface area contributed by atoms with E-state index in [9.17, 15) is 4.79 Å². The highest BCUT2D eigenvalue weighted by Gasteiger charge is 2.33. The number of carbonyl (C=O) groups excluding carboxylic acids is 1. The minimum atomic E-state index is -0.108. The van der Waals surface area contributed by atoms with Crippen molar-refractivity contribution in [3.05, 3.63) is 94.9 Å². The number of ketones is 1. The summed E-state index contributed by atoms with van der Waals surface area (Å²) in [7, 11) is 1.66. The Morgan fingerprint density at radius 2 is 1.94 bits per heavy atom. The number of allylic oxidation sites excluding steroid dienone is 1. The molecule has 6 heteroatoms. The molecule has 0 radical (unpaired) electrons. The van der Waals surface area contributed by atoms with E-state index < -0.39 is 0 Å². The molecule has 6 nitrogen and oxygen atoms in total. The summed E-state index contributed by atoms with van der Waals surface area (Å²) < 4.78 is 19.8. The van der Waals surface area contributed by atoms with Crippen LogP contribution in [0.15, 0.2) is 72.6 Å². The topological polar surface area (TPSA) is 52.9 Å². The molecule has 35 heavy (non-hydrogen) atoms. The molecule has 0 atom stereocenters. The highest BCUT2D eigenvalue weighted by molar-refractivity contribution is 6.15. The average Bonchev–Trinajstić information content (AvgIpc) is 3.41. The van der Waals surface area contributed by atoms with Crippen LogP contribution >= 0.6 is 0 Å². The molecular weight excluding hydrogens is 440 g/mol. The predicted molar refractivity (Wildman–Crippen MR) is 135 cm³/mol. The molecule has 0 saturated heterocycles. The van der Waals surface area contributed by atoms with Crippen LogP contribution in [0.5, 0.6) is 17.2 Å². The number of methoxy groups -OCH3 is 1. The summed E-state index contributed by atoms with van der Waals surface area (Å²) in [6.45, 7) is 4.83. The van der Waals surface area contributed by atoms with Gasteiger partial charge in [-0.05, 0) is 48.9 Å². The van der Waals surface area contributed by atoms with Gasteiger partial charge in [0.1, 0.15) is 24.0 Å². The number of hydrogen-bond acceptors (Lipinski definition) is 5. The van der Waals surface area contributed by atoms with E-state index in [4.69, 9.17) is 14.2 Å². The zero-order valence-corrected chi connectivity index (χ0v) is 19.8. The monoisotopic (exact) mass is 466 g/mol. The molecule has 176 valence electrons. The van der Waals surface area contributed by atoms with Crippen LogP contribution in [0.1, 0.15) is 34.0 Å². The number of carbonyl (C=O) groups is 1. The van der Waals surface area contributed by atoms with E-state index in [0.717, 1.165) is 46.6 Å². The van der Waals surface area contributed by atoms with Gasteiger partial charge in [-0.25, -0.2) is 0 Å². The van der Waals surface area contributed by atoms with Crippen LogP contribution in [0.2, 0.25) is 0 Å². The fourth-order valence-corrected chi connectivity index (χ4v) is 4.90. The van der Waals surface area contributed by atoms with Gasteiger partial charge >= 0.3 is 0 Å². The molecule has 0 fully saturated rings. The first kappa shape index (κ1) is 21.5. The Kier molecular flexibility index (Phi) is 5.30. The number of Topliss-reactive ketones (excluding diaryl/α,β-unsaturated/α-hetero) is 1. The van der Waals surface area contributed by atoms with Gasteiger partial charge in [0.2, 0.25) is 5.78 Å². The molecule has 2 aliphatic heterocycles. The Hall–Kier alpha value is -4.03. The Labute approximate surface area is 203 Å². The van der Waals surface area contributed by atoms with Crippen LogP contribution in [-0.2, 0) is 19.6 Å². The Morgan fingerprint density at radius 3 is 2.74 bits per heavy atom. The fraction of sp³-hybridized carbons (Fsp3) is 0.207. The zero-order valence-electron chi connectivity index (χ0n) is 19.8. The van der Waals surface area contributed by atoms with Crippen LogP contribution < -0.4 is 14.2 Å². The molecule has 3 aromatic carbocycles. The van der Waals surface area contributed by atoms with Gasteiger partial charge in [-0.2, -0.15) is 0 Å². The highest BCUT2D eigenvalue weighted by atomic mass is 16.5. The Bertz CT molecular complexity index is 1470. The van der Waals surface area contributed by atoms with E-state index in [-0.39, 0.29) is 5.78 Å². The van der Waals surface area contributed by atoms with Gasteiger partial charge in [0.05, 0.1) is 18.2 Å². The first-order chi connectivity index (χ1) is 17.1. The van der Waals surface area contributed by atoms with Crippen molar-refractivity contribution in [3.63, 3.8) is 0 Å². The van der Waals surface area contributed by atoms with Crippen molar-refractivity contribution in [3.8, 4) is 17.2 Å². The van der Waals surface area contributed by atoms with Crippen LogP contribution in [-0.4, -0.2) is 29.1 Å². The lowest BCUT2D eigenvalue weighted by molar-refractivity contribution is 0.0873. The molecule has 0 bridgehead atoms. The molecule has 4 aromatic rings. The molecule has 3 heterocycles. The Balaban J connectivity index is 1.34. The summed E-state index contributed by atoms with van der Waals surface area (Å²) in [6, 6.07) is 20.0. The van der Waals surface area contributed by atoms with E-state index in [1.54, 1.807) is 7.11 Å². The van der Waals surface area contributed by atoms with Crippen molar-refractivity contribution in [1.82, 2.24) is 9.47 Å². The number of fused-ring (bicyclic) bond motifs is 4. The van der Waals surface area contributed by atoms with Gasteiger partial charge in [-0.3, -0.25) is 9.69 Å². The van der Waals surface area contributed by atoms with Crippen molar-refractivity contribution in [2.75, 3.05) is 13.8 Å². The minimum Gasteiger partial charge on any atom is -0.497 e. The van der Waals surface area contributed by atoms with E-state index in [2.05, 4.69) is 34.7 Å². The summed E-state index contributed by atoms with van der Waals surface area (Å²) in [6.07, 6.45) is 3.89. The molecule has 0 N–H and O–H groups in total. The second-order valence-electron chi connectivity index (χ2n) is 8.86. The number of nitrogens with zero attached hydrogens (tertiary/aromatic N) is 2. The van der Waals surface area contributed by atoms with Crippen molar-refractivity contribution in [1.29, 1.82) is 0 Å². The van der Waals surface area contributed by atoms with Gasteiger partial charge in [0, 0.05) is 42.3 Å². The quantitative estimate of drug-likeness (QED) is 0.357. The summed E-state index contributed by atoms with van der Waals surface area (Å²) >= 11 is 0. The van der Waals surface area contributed by atoms with Crippen LogP contribution in [0.25, 0.3) is 17.0 Å². The predicted octanol–water partition coefficient (Wildman–Crippen LogP) is 5.64. The third kappa shape index (κ3) is 3.76.